The summed E-state index contributed by atoms with van der Waals surface area (Å²) in [5, 5.41) is 3.20. The number of hydrogen-bond donors (Lipinski definition) is 1. The monoisotopic (exact) mass is 328 g/mol. The maximum absolute atomic E-state index is 11.9. The summed E-state index contributed by atoms with van der Waals surface area (Å²) in [6, 6.07) is 1.34. The molecule has 2 rings (SSSR count). The number of aromatic nitrogens is 1. The SMILES string of the molecule is COC(=O)C(NCC1CCCO1)c1cncc(Br)c1. The van der Waals surface area contributed by atoms with Crippen LogP contribution >= 0.6 is 15.9 Å². The topological polar surface area (TPSA) is 60.5 Å². The standard InChI is InChI=1S/C13H17BrN2O3/c1-18-13(17)12(9-5-10(14)7-15-6-9)16-8-11-3-2-4-19-11/h5-7,11-12,16H,2-4,8H2,1H3. The van der Waals surface area contributed by atoms with Gasteiger partial charge in [0.25, 0.3) is 0 Å². The molecule has 0 bridgehead atoms. The fraction of sp³-hybridized carbons (Fsp3) is 0.538. The van der Waals surface area contributed by atoms with Crippen molar-refractivity contribution in [1.82, 2.24) is 10.3 Å². The Labute approximate surface area is 120 Å². The van der Waals surface area contributed by atoms with Crippen LogP contribution in [0.1, 0.15) is 24.4 Å². The summed E-state index contributed by atoms with van der Waals surface area (Å²) in [7, 11) is 1.38. The van der Waals surface area contributed by atoms with Crippen LogP contribution in [0.15, 0.2) is 22.9 Å². The minimum absolute atomic E-state index is 0.173. The van der Waals surface area contributed by atoms with Crippen LogP contribution in [0.2, 0.25) is 0 Å². The van der Waals surface area contributed by atoms with Crippen molar-refractivity contribution in [2.75, 3.05) is 20.3 Å². The van der Waals surface area contributed by atoms with Gasteiger partial charge in [-0.05, 0) is 40.4 Å². The summed E-state index contributed by atoms with van der Waals surface area (Å²) in [6.07, 6.45) is 5.62. The van der Waals surface area contributed by atoms with Gasteiger partial charge < -0.3 is 9.47 Å². The summed E-state index contributed by atoms with van der Waals surface area (Å²) in [5.74, 6) is -0.321. The number of rotatable bonds is 5. The van der Waals surface area contributed by atoms with Crippen LogP contribution in [0.3, 0.4) is 0 Å². The lowest BCUT2D eigenvalue weighted by molar-refractivity contribution is -0.143. The van der Waals surface area contributed by atoms with E-state index in [1.54, 1.807) is 12.4 Å². The molecule has 1 aromatic rings. The number of nitrogens with one attached hydrogen (secondary N) is 1. The van der Waals surface area contributed by atoms with Gasteiger partial charge in [0.2, 0.25) is 0 Å². The third kappa shape index (κ3) is 3.99. The maximum Gasteiger partial charge on any atom is 0.327 e. The molecule has 0 spiro atoms. The Kier molecular flexibility index (Phi) is 5.30. The van der Waals surface area contributed by atoms with E-state index in [-0.39, 0.29) is 12.1 Å². The zero-order valence-corrected chi connectivity index (χ0v) is 12.4. The molecule has 1 saturated heterocycles. The van der Waals surface area contributed by atoms with Gasteiger partial charge in [0, 0.05) is 30.0 Å². The highest BCUT2D eigenvalue weighted by Crippen LogP contribution is 2.19. The zero-order chi connectivity index (χ0) is 13.7. The minimum Gasteiger partial charge on any atom is -0.468 e. The number of halogens is 1. The molecule has 1 aliphatic heterocycles. The first kappa shape index (κ1) is 14.4. The number of nitrogens with zero attached hydrogens (tertiary/aromatic N) is 1. The van der Waals surface area contributed by atoms with Crippen LogP contribution in [0.4, 0.5) is 0 Å². The van der Waals surface area contributed by atoms with Crippen LogP contribution in [0.5, 0.6) is 0 Å². The van der Waals surface area contributed by atoms with Gasteiger partial charge in [0.15, 0.2) is 0 Å². The van der Waals surface area contributed by atoms with Crippen molar-refractivity contribution in [2.24, 2.45) is 0 Å². The van der Waals surface area contributed by atoms with Gasteiger partial charge in [-0.3, -0.25) is 10.3 Å². The molecular weight excluding hydrogens is 312 g/mol. The first-order chi connectivity index (χ1) is 9.20. The van der Waals surface area contributed by atoms with E-state index in [9.17, 15) is 4.79 Å². The highest BCUT2D eigenvalue weighted by molar-refractivity contribution is 9.10. The number of pyridine rings is 1. The molecule has 0 aromatic carbocycles. The van der Waals surface area contributed by atoms with E-state index in [2.05, 4.69) is 26.2 Å². The summed E-state index contributed by atoms with van der Waals surface area (Å²) in [5.41, 5.74) is 0.777. The average Bonchev–Trinajstić information content (AvgIpc) is 2.92. The molecule has 6 heteroatoms. The van der Waals surface area contributed by atoms with Crippen LogP contribution in [-0.4, -0.2) is 37.3 Å². The summed E-state index contributed by atoms with van der Waals surface area (Å²) in [6.45, 7) is 1.43. The fourth-order valence-corrected chi connectivity index (χ4v) is 2.48. The molecule has 0 amide bonds. The van der Waals surface area contributed by atoms with E-state index < -0.39 is 6.04 Å². The van der Waals surface area contributed by atoms with Crippen LogP contribution in [0, 0.1) is 0 Å². The van der Waals surface area contributed by atoms with E-state index in [1.807, 2.05) is 6.07 Å². The van der Waals surface area contributed by atoms with Crippen LogP contribution in [0.25, 0.3) is 0 Å². The molecule has 19 heavy (non-hydrogen) atoms. The maximum atomic E-state index is 11.9. The molecule has 2 atom stereocenters. The molecule has 1 aromatic heterocycles. The first-order valence-electron chi connectivity index (χ1n) is 6.24. The zero-order valence-electron chi connectivity index (χ0n) is 10.8. The van der Waals surface area contributed by atoms with Crippen molar-refractivity contribution in [1.29, 1.82) is 0 Å². The van der Waals surface area contributed by atoms with Crippen molar-refractivity contribution in [3.05, 3.63) is 28.5 Å². The second kappa shape index (κ2) is 6.98. The Bertz CT molecular complexity index is 436. The second-order valence-corrected chi connectivity index (χ2v) is 5.35. The number of hydrogen-bond acceptors (Lipinski definition) is 5. The lowest BCUT2D eigenvalue weighted by atomic mass is 10.1. The Morgan fingerprint density at radius 2 is 2.53 bits per heavy atom. The van der Waals surface area contributed by atoms with Crippen molar-refractivity contribution < 1.29 is 14.3 Å². The smallest absolute Gasteiger partial charge is 0.327 e. The highest BCUT2D eigenvalue weighted by Gasteiger charge is 2.24. The van der Waals surface area contributed by atoms with Crippen molar-refractivity contribution >= 4 is 21.9 Å². The normalized spacial score (nSPS) is 20.2. The average molecular weight is 329 g/mol. The largest absolute Gasteiger partial charge is 0.468 e. The molecule has 5 nitrogen and oxygen atoms in total. The van der Waals surface area contributed by atoms with Gasteiger partial charge in [-0.2, -0.15) is 0 Å². The number of ether oxygens (including phenoxy) is 2. The molecule has 1 aliphatic rings. The van der Waals surface area contributed by atoms with Gasteiger partial charge in [0.05, 0.1) is 13.2 Å². The molecule has 0 aliphatic carbocycles. The van der Waals surface area contributed by atoms with Gasteiger partial charge in [-0.15, -0.1) is 0 Å². The van der Waals surface area contributed by atoms with Gasteiger partial charge in [-0.1, -0.05) is 0 Å². The highest BCUT2D eigenvalue weighted by atomic mass is 79.9. The second-order valence-electron chi connectivity index (χ2n) is 4.44. The molecule has 0 saturated carbocycles. The first-order valence-corrected chi connectivity index (χ1v) is 7.03. The molecule has 104 valence electrons. The third-order valence-corrected chi connectivity index (χ3v) is 3.50. The molecular formula is C13H17BrN2O3. The Morgan fingerprint density at radius 3 is 3.16 bits per heavy atom. The van der Waals surface area contributed by atoms with Crippen molar-refractivity contribution in [3.8, 4) is 0 Å². The number of carbonyl (C=O) groups is 1. The molecule has 0 radical (unpaired) electrons. The fourth-order valence-electron chi connectivity index (χ4n) is 2.10. The summed E-state index contributed by atoms with van der Waals surface area (Å²) < 4.78 is 11.2. The predicted molar refractivity (Wildman–Crippen MR) is 73.7 cm³/mol. The third-order valence-electron chi connectivity index (χ3n) is 3.07. The number of methoxy groups -OCH3 is 1. The van der Waals surface area contributed by atoms with Gasteiger partial charge in [0.1, 0.15) is 6.04 Å². The lowest BCUT2D eigenvalue weighted by Gasteiger charge is -2.19. The van der Waals surface area contributed by atoms with E-state index in [1.165, 1.54) is 7.11 Å². The van der Waals surface area contributed by atoms with Crippen LogP contribution in [-0.2, 0) is 14.3 Å². The number of esters is 1. The minimum atomic E-state index is -0.515. The molecule has 1 fully saturated rings. The Morgan fingerprint density at radius 1 is 1.68 bits per heavy atom. The summed E-state index contributed by atoms with van der Waals surface area (Å²) in [4.78, 5) is 15.9. The molecule has 2 heterocycles. The predicted octanol–water partition coefficient (Wildman–Crippen LogP) is 1.83. The Balaban J connectivity index is 2.04. The van der Waals surface area contributed by atoms with E-state index in [4.69, 9.17) is 9.47 Å². The van der Waals surface area contributed by atoms with E-state index in [0.29, 0.717) is 6.54 Å². The quantitative estimate of drug-likeness (QED) is 0.835. The van der Waals surface area contributed by atoms with E-state index >= 15 is 0 Å². The number of carbonyl (C=O) groups excluding carboxylic acids is 1. The lowest BCUT2D eigenvalue weighted by Crippen LogP contribution is -2.35. The van der Waals surface area contributed by atoms with Crippen molar-refractivity contribution in [3.63, 3.8) is 0 Å². The van der Waals surface area contributed by atoms with Gasteiger partial charge in [-0.25, -0.2) is 4.79 Å². The summed E-state index contributed by atoms with van der Waals surface area (Å²) >= 11 is 3.35. The van der Waals surface area contributed by atoms with Crippen molar-refractivity contribution in [2.45, 2.75) is 25.0 Å². The van der Waals surface area contributed by atoms with Gasteiger partial charge >= 0.3 is 5.97 Å². The molecule has 2 unspecified atom stereocenters. The van der Waals surface area contributed by atoms with E-state index in [0.717, 1.165) is 29.5 Å². The van der Waals surface area contributed by atoms with Crippen LogP contribution < -0.4 is 5.32 Å². The molecule has 1 N–H and O–H groups in total. The Hall–Kier alpha value is -0.980.